The summed E-state index contributed by atoms with van der Waals surface area (Å²) in [5.41, 5.74) is 3.83. The van der Waals surface area contributed by atoms with Crippen LogP contribution in [0.1, 0.15) is 64.6 Å². The highest BCUT2D eigenvalue weighted by Gasteiger charge is 2.32. The van der Waals surface area contributed by atoms with E-state index in [1.165, 1.54) is 5.56 Å². The largest absolute Gasteiger partial charge is 0.463 e. The van der Waals surface area contributed by atoms with E-state index in [0.717, 1.165) is 24.1 Å². The quantitative estimate of drug-likeness (QED) is 0.611. The molecule has 0 saturated carbocycles. The van der Waals surface area contributed by atoms with Crippen molar-refractivity contribution in [1.29, 1.82) is 0 Å². The Hall–Kier alpha value is -1.88. The molecule has 0 radical (unpaired) electrons. The second-order valence-corrected chi connectivity index (χ2v) is 7.67. The summed E-state index contributed by atoms with van der Waals surface area (Å²) in [6.45, 7) is 10.8. The zero-order valence-electron chi connectivity index (χ0n) is 15.7. The third-order valence-electron chi connectivity index (χ3n) is 4.26. The minimum absolute atomic E-state index is 0.0859. The van der Waals surface area contributed by atoms with Crippen LogP contribution >= 0.6 is 12.2 Å². The normalized spacial score (nSPS) is 17.8. The van der Waals surface area contributed by atoms with Gasteiger partial charge in [0.05, 0.1) is 18.2 Å². The van der Waals surface area contributed by atoms with Crippen LogP contribution in [0.5, 0.6) is 0 Å². The molecule has 136 valence electrons. The third kappa shape index (κ3) is 4.60. The van der Waals surface area contributed by atoms with E-state index in [-0.39, 0.29) is 17.4 Å². The Labute approximate surface area is 156 Å². The van der Waals surface area contributed by atoms with Gasteiger partial charge in [0.15, 0.2) is 5.11 Å². The van der Waals surface area contributed by atoms with Crippen molar-refractivity contribution < 1.29 is 9.53 Å². The lowest BCUT2D eigenvalue weighted by Gasteiger charge is -2.31. The van der Waals surface area contributed by atoms with Gasteiger partial charge in [-0.05, 0) is 42.1 Å². The van der Waals surface area contributed by atoms with Crippen LogP contribution in [0.4, 0.5) is 0 Å². The minimum atomic E-state index is -0.293. The molecule has 1 aliphatic heterocycles. The molecular weight excluding hydrogens is 332 g/mol. The lowest BCUT2D eigenvalue weighted by molar-refractivity contribution is -0.139. The number of ether oxygens (including phenoxy) is 1. The SMILES string of the molecule is CCCC1=C(C(=O)OCC)C(c2ccc(C(C)(C)C)cc2)NC(=S)N1. The lowest BCUT2D eigenvalue weighted by atomic mass is 9.85. The highest BCUT2D eigenvalue weighted by molar-refractivity contribution is 7.80. The zero-order chi connectivity index (χ0) is 18.6. The second kappa shape index (κ2) is 8.00. The number of nitrogens with one attached hydrogen (secondary N) is 2. The van der Waals surface area contributed by atoms with E-state index in [1.54, 1.807) is 0 Å². The molecule has 2 N–H and O–H groups in total. The molecule has 0 spiro atoms. The topological polar surface area (TPSA) is 50.4 Å². The molecular formula is C20H28N2O2S. The van der Waals surface area contributed by atoms with E-state index in [2.05, 4.69) is 62.6 Å². The molecule has 0 amide bonds. The summed E-state index contributed by atoms with van der Waals surface area (Å²) in [6, 6.07) is 8.07. The third-order valence-corrected chi connectivity index (χ3v) is 4.48. The van der Waals surface area contributed by atoms with E-state index < -0.39 is 0 Å². The monoisotopic (exact) mass is 360 g/mol. The smallest absolute Gasteiger partial charge is 0.338 e. The van der Waals surface area contributed by atoms with E-state index in [0.29, 0.717) is 17.3 Å². The van der Waals surface area contributed by atoms with E-state index >= 15 is 0 Å². The van der Waals surface area contributed by atoms with Crippen molar-refractivity contribution in [1.82, 2.24) is 10.6 Å². The number of carbonyl (C=O) groups excluding carboxylic acids is 1. The highest BCUT2D eigenvalue weighted by Crippen LogP contribution is 2.31. The van der Waals surface area contributed by atoms with Crippen molar-refractivity contribution >= 4 is 23.3 Å². The number of hydrogen-bond acceptors (Lipinski definition) is 3. The molecule has 0 saturated heterocycles. The Morgan fingerprint density at radius 2 is 1.84 bits per heavy atom. The lowest BCUT2D eigenvalue weighted by Crippen LogP contribution is -2.45. The van der Waals surface area contributed by atoms with Gasteiger partial charge in [-0.15, -0.1) is 0 Å². The second-order valence-electron chi connectivity index (χ2n) is 7.27. The fraction of sp³-hybridized carbons (Fsp3) is 0.500. The molecule has 1 unspecified atom stereocenters. The average molecular weight is 361 g/mol. The number of allylic oxidation sites excluding steroid dienone is 1. The molecule has 1 atom stereocenters. The molecule has 2 rings (SSSR count). The van der Waals surface area contributed by atoms with Gasteiger partial charge in [-0.2, -0.15) is 0 Å². The predicted molar refractivity (Wildman–Crippen MR) is 105 cm³/mol. The minimum Gasteiger partial charge on any atom is -0.463 e. The van der Waals surface area contributed by atoms with Gasteiger partial charge >= 0.3 is 5.97 Å². The van der Waals surface area contributed by atoms with Gasteiger partial charge in [0.25, 0.3) is 0 Å². The summed E-state index contributed by atoms with van der Waals surface area (Å²) in [7, 11) is 0. The molecule has 0 aliphatic carbocycles. The molecule has 0 bridgehead atoms. The van der Waals surface area contributed by atoms with Gasteiger partial charge in [0.2, 0.25) is 0 Å². The molecule has 1 aromatic carbocycles. The van der Waals surface area contributed by atoms with Crippen LogP contribution in [0.3, 0.4) is 0 Å². The van der Waals surface area contributed by atoms with Crippen LogP contribution < -0.4 is 10.6 Å². The highest BCUT2D eigenvalue weighted by atomic mass is 32.1. The maximum absolute atomic E-state index is 12.6. The number of thiocarbonyl (C=S) groups is 1. The number of rotatable bonds is 5. The van der Waals surface area contributed by atoms with E-state index in [1.807, 2.05) is 6.92 Å². The van der Waals surface area contributed by atoms with Gasteiger partial charge in [-0.25, -0.2) is 4.79 Å². The van der Waals surface area contributed by atoms with Crippen molar-refractivity contribution in [3.8, 4) is 0 Å². The molecule has 25 heavy (non-hydrogen) atoms. The Bertz CT molecular complexity index is 672. The van der Waals surface area contributed by atoms with Crippen molar-refractivity contribution in [3.05, 3.63) is 46.7 Å². The van der Waals surface area contributed by atoms with Gasteiger partial charge in [-0.3, -0.25) is 0 Å². The fourth-order valence-electron chi connectivity index (χ4n) is 2.94. The van der Waals surface area contributed by atoms with Crippen molar-refractivity contribution in [2.24, 2.45) is 0 Å². The fourth-order valence-corrected chi connectivity index (χ4v) is 3.18. The first-order valence-electron chi connectivity index (χ1n) is 8.86. The van der Waals surface area contributed by atoms with Crippen LogP contribution in [-0.2, 0) is 14.9 Å². The Morgan fingerprint density at radius 3 is 2.36 bits per heavy atom. The standard InChI is InChI=1S/C20H28N2O2S/c1-6-8-15-16(18(23)24-7-2)17(22-19(25)21-15)13-9-11-14(12-10-13)20(3,4)5/h9-12,17H,6-8H2,1-5H3,(H2,21,22,25). The van der Waals surface area contributed by atoms with Crippen LogP contribution in [0, 0.1) is 0 Å². The van der Waals surface area contributed by atoms with Gasteiger partial charge in [-0.1, -0.05) is 58.4 Å². The summed E-state index contributed by atoms with van der Waals surface area (Å²) < 4.78 is 5.30. The predicted octanol–water partition coefficient (Wildman–Crippen LogP) is 4.12. The van der Waals surface area contributed by atoms with Crippen LogP contribution in [0.25, 0.3) is 0 Å². The molecule has 0 aromatic heterocycles. The molecule has 1 aromatic rings. The van der Waals surface area contributed by atoms with E-state index in [4.69, 9.17) is 17.0 Å². The maximum Gasteiger partial charge on any atom is 0.338 e. The van der Waals surface area contributed by atoms with Gasteiger partial charge < -0.3 is 15.4 Å². The van der Waals surface area contributed by atoms with Crippen molar-refractivity contribution in [2.45, 2.75) is 58.9 Å². The Kier molecular flexibility index (Phi) is 6.22. The molecule has 1 heterocycles. The number of carbonyl (C=O) groups is 1. The average Bonchev–Trinajstić information content (AvgIpc) is 2.54. The summed E-state index contributed by atoms with van der Waals surface area (Å²) >= 11 is 5.35. The molecule has 1 aliphatic rings. The van der Waals surface area contributed by atoms with Gasteiger partial charge in [0.1, 0.15) is 0 Å². The molecule has 4 nitrogen and oxygen atoms in total. The summed E-state index contributed by atoms with van der Waals surface area (Å²) in [5.74, 6) is -0.293. The van der Waals surface area contributed by atoms with Crippen LogP contribution in [-0.4, -0.2) is 17.7 Å². The number of hydrogen-bond donors (Lipinski definition) is 2. The van der Waals surface area contributed by atoms with Crippen LogP contribution in [0.15, 0.2) is 35.5 Å². The summed E-state index contributed by atoms with van der Waals surface area (Å²) in [6.07, 6.45) is 1.68. The van der Waals surface area contributed by atoms with Crippen molar-refractivity contribution in [2.75, 3.05) is 6.61 Å². The first kappa shape index (κ1) is 19.4. The Balaban J connectivity index is 2.46. The maximum atomic E-state index is 12.6. The first-order valence-corrected chi connectivity index (χ1v) is 9.26. The van der Waals surface area contributed by atoms with Gasteiger partial charge in [0, 0.05) is 5.70 Å². The first-order chi connectivity index (χ1) is 11.8. The van der Waals surface area contributed by atoms with E-state index in [9.17, 15) is 4.79 Å². The molecule has 0 fully saturated rings. The Morgan fingerprint density at radius 1 is 1.20 bits per heavy atom. The zero-order valence-corrected chi connectivity index (χ0v) is 16.5. The summed E-state index contributed by atoms with van der Waals surface area (Å²) in [4.78, 5) is 12.6. The van der Waals surface area contributed by atoms with Crippen LogP contribution in [0.2, 0.25) is 0 Å². The summed E-state index contributed by atoms with van der Waals surface area (Å²) in [5, 5.41) is 6.91. The van der Waals surface area contributed by atoms with Crippen molar-refractivity contribution in [3.63, 3.8) is 0 Å². The molecule has 5 heteroatoms. The number of esters is 1. The number of benzene rings is 1.